The van der Waals surface area contributed by atoms with Crippen molar-refractivity contribution >= 4 is 29.0 Å². The molecule has 9 heteroatoms. The van der Waals surface area contributed by atoms with Gasteiger partial charge in [-0.15, -0.1) is 0 Å². The minimum Gasteiger partial charge on any atom is -0.326 e. The SMILES string of the molecule is O=C(CCC1CCCC1)Nc1cccc(NC(=O)Nc2cc(C(F)(F)F)ccc2F)c1. The van der Waals surface area contributed by atoms with Gasteiger partial charge in [-0.25, -0.2) is 9.18 Å². The Morgan fingerprint density at radius 3 is 2.29 bits per heavy atom. The molecule has 0 spiro atoms. The lowest BCUT2D eigenvalue weighted by atomic mass is 10.0. The molecule has 0 unspecified atom stereocenters. The van der Waals surface area contributed by atoms with E-state index in [1.54, 1.807) is 12.1 Å². The van der Waals surface area contributed by atoms with Gasteiger partial charge in [-0.2, -0.15) is 13.2 Å². The molecule has 1 fully saturated rings. The highest BCUT2D eigenvalue weighted by Gasteiger charge is 2.31. The summed E-state index contributed by atoms with van der Waals surface area (Å²) in [5, 5.41) is 7.25. The second-order valence-corrected chi connectivity index (χ2v) is 7.59. The third-order valence-electron chi connectivity index (χ3n) is 5.20. The van der Waals surface area contributed by atoms with Crippen molar-refractivity contribution in [2.24, 2.45) is 5.92 Å². The van der Waals surface area contributed by atoms with E-state index in [9.17, 15) is 27.2 Å². The van der Waals surface area contributed by atoms with Crippen LogP contribution in [0.15, 0.2) is 42.5 Å². The Labute approximate surface area is 177 Å². The van der Waals surface area contributed by atoms with E-state index in [0.29, 0.717) is 41.9 Å². The first-order chi connectivity index (χ1) is 14.7. The molecule has 0 heterocycles. The van der Waals surface area contributed by atoms with Gasteiger partial charge in [0, 0.05) is 17.8 Å². The first kappa shape index (κ1) is 22.6. The predicted molar refractivity (Wildman–Crippen MR) is 110 cm³/mol. The van der Waals surface area contributed by atoms with Gasteiger partial charge in [0.15, 0.2) is 0 Å². The third kappa shape index (κ3) is 6.70. The largest absolute Gasteiger partial charge is 0.416 e. The number of urea groups is 1. The van der Waals surface area contributed by atoms with E-state index < -0.39 is 29.3 Å². The van der Waals surface area contributed by atoms with Crippen LogP contribution in [0.5, 0.6) is 0 Å². The normalized spacial score (nSPS) is 14.3. The van der Waals surface area contributed by atoms with E-state index in [1.807, 2.05) is 0 Å². The summed E-state index contributed by atoms with van der Waals surface area (Å²) in [6.07, 6.45) is 1.35. The van der Waals surface area contributed by atoms with Gasteiger partial charge in [0.05, 0.1) is 11.3 Å². The molecule has 3 N–H and O–H groups in total. The molecule has 1 aliphatic rings. The topological polar surface area (TPSA) is 70.2 Å². The number of amides is 3. The number of carbonyl (C=O) groups is 2. The summed E-state index contributed by atoms with van der Waals surface area (Å²) in [7, 11) is 0. The van der Waals surface area contributed by atoms with E-state index in [2.05, 4.69) is 16.0 Å². The van der Waals surface area contributed by atoms with Gasteiger partial charge >= 0.3 is 12.2 Å². The van der Waals surface area contributed by atoms with Gasteiger partial charge in [0.2, 0.25) is 5.91 Å². The molecular formula is C22H23F4N3O2. The molecule has 3 amide bonds. The number of benzene rings is 2. The summed E-state index contributed by atoms with van der Waals surface area (Å²) in [4.78, 5) is 24.3. The van der Waals surface area contributed by atoms with Crippen LogP contribution in [0.4, 0.5) is 39.4 Å². The minimum atomic E-state index is -4.66. The summed E-state index contributed by atoms with van der Waals surface area (Å²) in [5.74, 6) is -0.523. The summed E-state index contributed by atoms with van der Waals surface area (Å²) in [5.41, 5.74) is -0.909. The van der Waals surface area contributed by atoms with Crippen LogP contribution in [0.3, 0.4) is 0 Å². The Morgan fingerprint density at radius 2 is 1.61 bits per heavy atom. The zero-order valence-corrected chi connectivity index (χ0v) is 16.7. The molecule has 2 aromatic rings. The molecule has 3 rings (SSSR count). The molecule has 0 radical (unpaired) electrons. The van der Waals surface area contributed by atoms with Crippen molar-refractivity contribution in [3.05, 3.63) is 53.8 Å². The maximum Gasteiger partial charge on any atom is 0.416 e. The molecule has 0 aromatic heterocycles. The average Bonchev–Trinajstić information content (AvgIpc) is 3.21. The fourth-order valence-corrected chi connectivity index (χ4v) is 3.61. The molecule has 5 nitrogen and oxygen atoms in total. The van der Waals surface area contributed by atoms with E-state index in [1.165, 1.54) is 25.0 Å². The minimum absolute atomic E-state index is 0.125. The Hall–Kier alpha value is -3.10. The third-order valence-corrected chi connectivity index (χ3v) is 5.20. The van der Waals surface area contributed by atoms with Gasteiger partial charge in [-0.05, 0) is 48.7 Å². The summed E-state index contributed by atoms with van der Waals surface area (Å²) in [6.45, 7) is 0. The quantitative estimate of drug-likeness (QED) is 0.458. The maximum atomic E-state index is 13.8. The van der Waals surface area contributed by atoms with Crippen LogP contribution in [0.2, 0.25) is 0 Å². The van der Waals surface area contributed by atoms with Crippen LogP contribution in [-0.2, 0) is 11.0 Å². The standard InChI is InChI=1S/C22H23F4N3O2/c23-18-10-9-15(22(24,25)26)12-19(18)29-21(31)28-17-7-3-6-16(13-17)27-20(30)11-8-14-4-1-2-5-14/h3,6-7,9-10,12-14H,1-2,4-5,8,11H2,(H,27,30)(H2,28,29,31). The Balaban J connectivity index is 1.56. The smallest absolute Gasteiger partial charge is 0.326 e. The highest BCUT2D eigenvalue weighted by molar-refractivity contribution is 6.00. The number of hydrogen-bond donors (Lipinski definition) is 3. The van der Waals surface area contributed by atoms with Crippen molar-refractivity contribution in [3.8, 4) is 0 Å². The molecule has 0 atom stereocenters. The number of anilines is 3. The Bertz CT molecular complexity index is 941. The summed E-state index contributed by atoms with van der Waals surface area (Å²) in [6, 6.07) is 7.15. The van der Waals surface area contributed by atoms with Crippen molar-refractivity contribution in [1.29, 1.82) is 0 Å². The van der Waals surface area contributed by atoms with E-state index >= 15 is 0 Å². The first-order valence-electron chi connectivity index (χ1n) is 10.1. The molecule has 0 aliphatic heterocycles. The number of rotatable bonds is 6. The van der Waals surface area contributed by atoms with E-state index in [-0.39, 0.29) is 5.91 Å². The van der Waals surface area contributed by atoms with Gasteiger partial charge in [0.1, 0.15) is 5.82 Å². The van der Waals surface area contributed by atoms with Crippen molar-refractivity contribution in [2.45, 2.75) is 44.7 Å². The van der Waals surface area contributed by atoms with E-state index in [4.69, 9.17) is 0 Å². The summed E-state index contributed by atoms with van der Waals surface area (Å²) >= 11 is 0. The monoisotopic (exact) mass is 437 g/mol. The van der Waals surface area contributed by atoms with Crippen molar-refractivity contribution in [3.63, 3.8) is 0 Å². The number of halogens is 4. The molecule has 1 saturated carbocycles. The lowest BCUT2D eigenvalue weighted by Crippen LogP contribution is -2.21. The number of alkyl halides is 3. The van der Waals surface area contributed by atoms with Gasteiger partial charge in [0.25, 0.3) is 0 Å². The second-order valence-electron chi connectivity index (χ2n) is 7.59. The van der Waals surface area contributed by atoms with Crippen LogP contribution in [0.25, 0.3) is 0 Å². The lowest BCUT2D eigenvalue weighted by Gasteiger charge is -2.13. The Kier molecular flexibility index (Phi) is 7.14. The molecule has 2 aromatic carbocycles. The Morgan fingerprint density at radius 1 is 0.935 bits per heavy atom. The zero-order chi connectivity index (χ0) is 22.4. The van der Waals surface area contributed by atoms with Crippen LogP contribution in [-0.4, -0.2) is 11.9 Å². The van der Waals surface area contributed by atoms with Crippen LogP contribution in [0, 0.1) is 11.7 Å². The highest BCUT2D eigenvalue weighted by Crippen LogP contribution is 2.32. The molecule has 0 saturated heterocycles. The van der Waals surface area contributed by atoms with Gasteiger partial charge < -0.3 is 16.0 Å². The summed E-state index contributed by atoms with van der Waals surface area (Å²) < 4.78 is 52.2. The average molecular weight is 437 g/mol. The predicted octanol–water partition coefficient (Wildman–Crippen LogP) is 6.40. The van der Waals surface area contributed by atoms with Gasteiger partial charge in [-0.3, -0.25) is 4.79 Å². The van der Waals surface area contributed by atoms with Gasteiger partial charge in [-0.1, -0.05) is 31.7 Å². The molecule has 31 heavy (non-hydrogen) atoms. The van der Waals surface area contributed by atoms with Crippen LogP contribution in [0.1, 0.15) is 44.1 Å². The first-order valence-corrected chi connectivity index (χ1v) is 10.1. The number of nitrogens with one attached hydrogen (secondary N) is 3. The van der Waals surface area contributed by atoms with Crippen molar-refractivity contribution in [2.75, 3.05) is 16.0 Å². The fourth-order valence-electron chi connectivity index (χ4n) is 3.61. The number of carbonyl (C=O) groups excluding carboxylic acids is 2. The number of hydrogen-bond acceptors (Lipinski definition) is 2. The molecule has 0 bridgehead atoms. The fraction of sp³-hybridized carbons (Fsp3) is 0.364. The lowest BCUT2D eigenvalue weighted by molar-refractivity contribution is -0.137. The van der Waals surface area contributed by atoms with Crippen molar-refractivity contribution < 1.29 is 27.2 Å². The molecule has 166 valence electrons. The maximum absolute atomic E-state index is 13.8. The van der Waals surface area contributed by atoms with Crippen LogP contribution >= 0.6 is 0 Å². The van der Waals surface area contributed by atoms with Crippen LogP contribution < -0.4 is 16.0 Å². The van der Waals surface area contributed by atoms with Crippen molar-refractivity contribution in [1.82, 2.24) is 0 Å². The molecule has 1 aliphatic carbocycles. The second kappa shape index (κ2) is 9.80. The zero-order valence-electron chi connectivity index (χ0n) is 16.7. The highest BCUT2D eigenvalue weighted by atomic mass is 19.4. The molecular weight excluding hydrogens is 414 g/mol. The van der Waals surface area contributed by atoms with E-state index in [0.717, 1.165) is 19.3 Å².